The van der Waals surface area contributed by atoms with E-state index in [2.05, 4.69) is 19.9 Å². The highest BCUT2D eigenvalue weighted by atomic mass is 32.1. The summed E-state index contributed by atoms with van der Waals surface area (Å²) in [5.74, 6) is 0.834. The van der Waals surface area contributed by atoms with Crippen LogP contribution in [0.15, 0.2) is 30.3 Å². The fourth-order valence-corrected chi connectivity index (χ4v) is 3.08. The van der Waals surface area contributed by atoms with E-state index in [1.165, 1.54) is 15.3 Å². The molecule has 4 heteroatoms. The van der Waals surface area contributed by atoms with Crippen molar-refractivity contribution in [2.45, 2.75) is 19.9 Å². The van der Waals surface area contributed by atoms with Crippen molar-refractivity contribution in [3.8, 4) is 5.75 Å². The maximum Gasteiger partial charge on any atom is 0.124 e. The first kappa shape index (κ1) is 15.0. The minimum atomic E-state index is -0.147. The first-order chi connectivity index (χ1) is 9.63. The van der Waals surface area contributed by atoms with Crippen molar-refractivity contribution in [2.24, 2.45) is 5.73 Å². The minimum absolute atomic E-state index is 0.147. The van der Waals surface area contributed by atoms with Crippen LogP contribution < -0.4 is 10.5 Å². The second-order valence-electron chi connectivity index (χ2n) is 4.74. The van der Waals surface area contributed by atoms with E-state index in [1.54, 1.807) is 18.4 Å². The van der Waals surface area contributed by atoms with Crippen molar-refractivity contribution >= 4 is 11.3 Å². The van der Waals surface area contributed by atoms with Gasteiger partial charge in [0, 0.05) is 22.4 Å². The van der Waals surface area contributed by atoms with Crippen molar-refractivity contribution in [1.29, 1.82) is 0 Å². The molecule has 0 amide bonds. The van der Waals surface area contributed by atoms with Gasteiger partial charge in [-0.3, -0.25) is 0 Å². The van der Waals surface area contributed by atoms with Crippen LogP contribution in [0, 0.1) is 13.8 Å². The van der Waals surface area contributed by atoms with E-state index in [1.807, 2.05) is 24.3 Å². The summed E-state index contributed by atoms with van der Waals surface area (Å²) < 4.78 is 10.8. The van der Waals surface area contributed by atoms with Crippen molar-refractivity contribution < 1.29 is 9.47 Å². The van der Waals surface area contributed by atoms with Crippen molar-refractivity contribution in [1.82, 2.24) is 0 Å². The van der Waals surface area contributed by atoms with Gasteiger partial charge in [-0.05, 0) is 31.5 Å². The average molecular weight is 291 g/mol. The summed E-state index contributed by atoms with van der Waals surface area (Å²) in [6, 6.07) is 9.95. The molecule has 0 saturated heterocycles. The third-order valence-electron chi connectivity index (χ3n) is 3.29. The molecular weight excluding hydrogens is 270 g/mol. The van der Waals surface area contributed by atoms with Crippen molar-refractivity contribution in [3.05, 3.63) is 51.2 Å². The number of aryl methyl sites for hydroxylation is 2. The predicted molar refractivity (Wildman–Crippen MR) is 83.6 cm³/mol. The summed E-state index contributed by atoms with van der Waals surface area (Å²) in [7, 11) is 1.66. The lowest BCUT2D eigenvalue weighted by molar-refractivity contribution is 0.145. The molecule has 20 heavy (non-hydrogen) atoms. The molecule has 2 rings (SSSR count). The molecule has 0 radical (unpaired) electrons. The van der Waals surface area contributed by atoms with Crippen LogP contribution in [0.4, 0.5) is 0 Å². The lowest BCUT2D eigenvalue weighted by Gasteiger charge is -2.16. The monoisotopic (exact) mass is 291 g/mol. The number of para-hydroxylation sites is 1. The fraction of sp³-hybridized carbons (Fsp3) is 0.375. The highest BCUT2D eigenvalue weighted by molar-refractivity contribution is 7.12. The van der Waals surface area contributed by atoms with Gasteiger partial charge in [-0.15, -0.1) is 11.3 Å². The van der Waals surface area contributed by atoms with E-state index >= 15 is 0 Å². The number of nitrogens with two attached hydrogens (primary N) is 1. The molecule has 2 aromatic rings. The van der Waals surface area contributed by atoms with E-state index in [0.29, 0.717) is 13.2 Å². The van der Waals surface area contributed by atoms with Gasteiger partial charge >= 0.3 is 0 Å². The van der Waals surface area contributed by atoms with Gasteiger partial charge in [0.15, 0.2) is 0 Å². The molecular formula is C16H21NO2S. The molecule has 0 fully saturated rings. The molecule has 0 aliphatic carbocycles. The first-order valence-electron chi connectivity index (χ1n) is 6.66. The first-order valence-corrected chi connectivity index (χ1v) is 7.48. The van der Waals surface area contributed by atoms with Crippen LogP contribution in [0.3, 0.4) is 0 Å². The standard InChI is InChI=1S/C16H21NO2S/c1-11-10-15(20-12(11)2)16(17)13-6-4-5-7-14(13)19-9-8-18-3/h4-7,10,16H,8-9,17H2,1-3H3. The largest absolute Gasteiger partial charge is 0.491 e. The Morgan fingerprint density at radius 1 is 1.20 bits per heavy atom. The van der Waals surface area contributed by atoms with Crippen LogP contribution in [0.25, 0.3) is 0 Å². The molecule has 1 unspecified atom stereocenters. The molecule has 0 saturated carbocycles. The fourth-order valence-electron chi connectivity index (χ4n) is 2.01. The van der Waals surface area contributed by atoms with E-state index in [-0.39, 0.29) is 6.04 Å². The highest BCUT2D eigenvalue weighted by Gasteiger charge is 2.16. The third-order valence-corrected chi connectivity index (χ3v) is 4.53. The average Bonchev–Trinajstić information content (AvgIpc) is 2.79. The normalized spacial score (nSPS) is 12.4. The molecule has 0 aliphatic rings. The second-order valence-corrected chi connectivity index (χ2v) is 6.03. The number of hydrogen-bond acceptors (Lipinski definition) is 4. The van der Waals surface area contributed by atoms with E-state index in [4.69, 9.17) is 15.2 Å². The molecule has 3 nitrogen and oxygen atoms in total. The summed E-state index contributed by atoms with van der Waals surface area (Å²) in [6.07, 6.45) is 0. The van der Waals surface area contributed by atoms with E-state index in [9.17, 15) is 0 Å². The number of ether oxygens (including phenoxy) is 2. The van der Waals surface area contributed by atoms with Gasteiger partial charge < -0.3 is 15.2 Å². The zero-order valence-electron chi connectivity index (χ0n) is 12.2. The van der Waals surface area contributed by atoms with E-state index in [0.717, 1.165) is 11.3 Å². The lowest BCUT2D eigenvalue weighted by atomic mass is 10.0. The highest BCUT2D eigenvalue weighted by Crippen LogP contribution is 2.33. The Bertz CT molecular complexity index is 546. The minimum Gasteiger partial charge on any atom is -0.491 e. The van der Waals surface area contributed by atoms with Gasteiger partial charge in [0.25, 0.3) is 0 Å². The maximum atomic E-state index is 6.40. The second kappa shape index (κ2) is 6.88. The number of hydrogen-bond donors (Lipinski definition) is 1. The lowest BCUT2D eigenvalue weighted by Crippen LogP contribution is -2.13. The SMILES string of the molecule is COCCOc1ccccc1C(N)c1cc(C)c(C)s1. The molecule has 0 bridgehead atoms. The van der Waals surface area contributed by atoms with Crippen LogP contribution in [0.2, 0.25) is 0 Å². The van der Waals surface area contributed by atoms with Crippen LogP contribution >= 0.6 is 11.3 Å². The molecule has 0 aliphatic heterocycles. The van der Waals surface area contributed by atoms with Gasteiger partial charge in [-0.1, -0.05) is 18.2 Å². The van der Waals surface area contributed by atoms with E-state index < -0.39 is 0 Å². The van der Waals surface area contributed by atoms with Crippen molar-refractivity contribution in [2.75, 3.05) is 20.3 Å². The Hall–Kier alpha value is -1.36. The molecule has 108 valence electrons. The Labute approximate surface area is 124 Å². The molecule has 0 spiro atoms. The summed E-state index contributed by atoms with van der Waals surface area (Å²) >= 11 is 1.75. The van der Waals surface area contributed by atoms with Crippen molar-refractivity contribution in [3.63, 3.8) is 0 Å². The van der Waals surface area contributed by atoms with Crippen LogP contribution in [0.5, 0.6) is 5.75 Å². The molecule has 1 aromatic carbocycles. The van der Waals surface area contributed by atoms with Crippen LogP contribution in [-0.4, -0.2) is 20.3 Å². The van der Waals surface area contributed by atoms with Gasteiger partial charge in [-0.2, -0.15) is 0 Å². The smallest absolute Gasteiger partial charge is 0.124 e. The Kier molecular flexibility index (Phi) is 5.17. The van der Waals surface area contributed by atoms with Gasteiger partial charge in [0.05, 0.1) is 12.6 Å². The summed E-state index contributed by atoms with van der Waals surface area (Å²) in [4.78, 5) is 2.48. The maximum absolute atomic E-state index is 6.40. The molecule has 2 N–H and O–H groups in total. The number of methoxy groups -OCH3 is 1. The number of thiophene rings is 1. The Balaban J connectivity index is 2.22. The summed E-state index contributed by atoms with van der Waals surface area (Å²) in [6.45, 7) is 5.34. The summed E-state index contributed by atoms with van der Waals surface area (Å²) in [5.41, 5.74) is 8.71. The van der Waals surface area contributed by atoms with Crippen LogP contribution in [-0.2, 0) is 4.74 Å². The van der Waals surface area contributed by atoms with Gasteiger partial charge in [0.1, 0.15) is 12.4 Å². The van der Waals surface area contributed by atoms with Gasteiger partial charge in [0.2, 0.25) is 0 Å². The predicted octanol–water partition coefficient (Wildman–Crippen LogP) is 3.44. The topological polar surface area (TPSA) is 44.5 Å². The Morgan fingerprint density at radius 2 is 1.95 bits per heavy atom. The Morgan fingerprint density at radius 3 is 2.60 bits per heavy atom. The molecule has 1 atom stereocenters. The van der Waals surface area contributed by atoms with Crippen LogP contribution in [0.1, 0.15) is 26.9 Å². The number of rotatable bonds is 6. The zero-order valence-corrected chi connectivity index (χ0v) is 13.0. The molecule has 1 heterocycles. The quantitative estimate of drug-likeness (QED) is 0.829. The number of benzene rings is 1. The zero-order chi connectivity index (χ0) is 14.5. The third kappa shape index (κ3) is 3.39. The van der Waals surface area contributed by atoms with Gasteiger partial charge in [-0.25, -0.2) is 0 Å². The summed E-state index contributed by atoms with van der Waals surface area (Å²) in [5, 5.41) is 0. The molecule has 1 aromatic heterocycles.